The maximum absolute atomic E-state index is 6.03. The molecule has 0 bridgehead atoms. The van der Waals surface area contributed by atoms with E-state index in [1.165, 1.54) is 0 Å². The Morgan fingerprint density at radius 2 is 2.27 bits per heavy atom. The lowest BCUT2D eigenvalue weighted by molar-refractivity contribution is 0.0770. The summed E-state index contributed by atoms with van der Waals surface area (Å²) in [6, 6.07) is 3.96. The van der Waals surface area contributed by atoms with Gasteiger partial charge >= 0.3 is 0 Å². The van der Waals surface area contributed by atoms with E-state index in [9.17, 15) is 0 Å². The summed E-state index contributed by atoms with van der Waals surface area (Å²) in [5.41, 5.74) is 7.03. The van der Waals surface area contributed by atoms with Crippen LogP contribution >= 0.6 is 15.9 Å². The smallest absolute Gasteiger partial charge is 0.0723 e. The summed E-state index contributed by atoms with van der Waals surface area (Å²) in [6.45, 7) is 2.07. The van der Waals surface area contributed by atoms with Crippen LogP contribution in [0, 0.1) is 0 Å². The van der Waals surface area contributed by atoms with Crippen LogP contribution in [0.3, 0.4) is 0 Å². The van der Waals surface area contributed by atoms with Gasteiger partial charge in [0.15, 0.2) is 0 Å². The van der Waals surface area contributed by atoms with E-state index in [-0.39, 0.29) is 12.1 Å². The fourth-order valence-electron chi connectivity index (χ4n) is 1.54. The van der Waals surface area contributed by atoms with Crippen molar-refractivity contribution in [2.24, 2.45) is 5.73 Å². The Hall–Kier alpha value is -0.450. The Kier molecular flexibility index (Phi) is 5.22. The zero-order valence-corrected chi connectivity index (χ0v) is 10.7. The van der Waals surface area contributed by atoms with Crippen molar-refractivity contribution in [1.82, 2.24) is 4.98 Å². The molecule has 0 saturated heterocycles. The van der Waals surface area contributed by atoms with Crippen molar-refractivity contribution < 1.29 is 4.74 Å². The number of ether oxygens (including phenoxy) is 1. The third kappa shape index (κ3) is 3.89. The minimum atomic E-state index is 0.00803. The van der Waals surface area contributed by atoms with Crippen molar-refractivity contribution in [2.45, 2.75) is 31.9 Å². The molecular weight excluding hydrogens is 256 g/mol. The highest BCUT2D eigenvalue weighted by molar-refractivity contribution is 9.10. The van der Waals surface area contributed by atoms with Crippen molar-refractivity contribution >= 4 is 15.9 Å². The summed E-state index contributed by atoms with van der Waals surface area (Å²) in [5.74, 6) is 0. The van der Waals surface area contributed by atoms with Crippen LogP contribution in [-0.2, 0) is 11.2 Å². The molecule has 0 radical (unpaired) electrons. The number of methoxy groups -OCH3 is 1. The summed E-state index contributed by atoms with van der Waals surface area (Å²) in [7, 11) is 1.70. The number of nitrogens with two attached hydrogens (primary N) is 1. The summed E-state index contributed by atoms with van der Waals surface area (Å²) in [5, 5.41) is 0. The first-order chi connectivity index (χ1) is 7.17. The minimum absolute atomic E-state index is 0.00803. The molecule has 1 rings (SSSR count). The van der Waals surface area contributed by atoms with E-state index in [0.29, 0.717) is 0 Å². The zero-order valence-electron chi connectivity index (χ0n) is 9.11. The van der Waals surface area contributed by atoms with E-state index in [1.54, 1.807) is 13.3 Å². The quantitative estimate of drug-likeness (QED) is 0.894. The summed E-state index contributed by atoms with van der Waals surface area (Å²) < 4.78 is 6.28. The lowest BCUT2D eigenvalue weighted by Crippen LogP contribution is -2.37. The molecule has 2 atom stereocenters. The molecule has 0 aliphatic carbocycles. The Morgan fingerprint density at radius 3 is 2.73 bits per heavy atom. The summed E-state index contributed by atoms with van der Waals surface area (Å²) in [6.07, 6.45) is 3.57. The number of rotatable bonds is 5. The van der Waals surface area contributed by atoms with Gasteiger partial charge in [0.05, 0.1) is 6.10 Å². The minimum Gasteiger partial charge on any atom is -0.380 e. The molecular formula is C11H17BrN2O. The molecule has 84 valence electrons. The van der Waals surface area contributed by atoms with Gasteiger partial charge in [-0.3, -0.25) is 4.98 Å². The van der Waals surface area contributed by atoms with Gasteiger partial charge in [-0.15, -0.1) is 0 Å². The molecule has 15 heavy (non-hydrogen) atoms. The van der Waals surface area contributed by atoms with Crippen LogP contribution in [0.15, 0.2) is 22.8 Å². The van der Waals surface area contributed by atoms with Crippen LogP contribution < -0.4 is 5.73 Å². The van der Waals surface area contributed by atoms with Crippen molar-refractivity contribution in [3.63, 3.8) is 0 Å². The summed E-state index contributed by atoms with van der Waals surface area (Å²) in [4.78, 5) is 4.29. The molecule has 0 fully saturated rings. The standard InChI is InChI=1S/C11H17BrN2O/c1-3-11(15-2)10(13)6-9-5-4-8(12)7-14-9/h4-5,7,10-11H,3,6,13H2,1-2H3. The highest BCUT2D eigenvalue weighted by atomic mass is 79.9. The van der Waals surface area contributed by atoms with Crippen LogP contribution in [0.25, 0.3) is 0 Å². The topological polar surface area (TPSA) is 48.1 Å². The predicted octanol–water partition coefficient (Wildman–Crippen LogP) is 2.14. The third-order valence-corrected chi connectivity index (χ3v) is 2.89. The second kappa shape index (κ2) is 6.20. The molecule has 1 aromatic heterocycles. The second-order valence-electron chi connectivity index (χ2n) is 3.52. The second-order valence-corrected chi connectivity index (χ2v) is 4.43. The average Bonchev–Trinajstić information content (AvgIpc) is 2.23. The number of nitrogens with zero attached hydrogens (tertiary/aromatic N) is 1. The number of pyridine rings is 1. The lowest BCUT2D eigenvalue weighted by atomic mass is 10.0. The molecule has 3 nitrogen and oxygen atoms in total. The van der Waals surface area contributed by atoms with Gasteiger partial charge in [-0.05, 0) is 34.5 Å². The Labute approximate surface area is 99.2 Å². The fourth-order valence-corrected chi connectivity index (χ4v) is 1.78. The molecule has 2 N–H and O–H groups in total. The van der Waals surface area contributed by atoms with Crippen LogP contribution in [0.5, 0.6) is 0 Å². The summed E-state index contributed by atoms with van der Waals surface area (Å²) >= 11 is 3.35. The van der Waals surface area contributed by atoms with Crippen LogP contribution in [-0.4, -0.2) is 24.2 Å². The third-order valence-electron chi connectivity index (χ3n) is 2.42. The fraction of sp³-hybridized carbons (Fsp3) is 0.545. The maximum atomic E-state index is 6.03. The van der Waals surface area contributed by atoms with Gasteiger partial charge in [-0.1, -0.05) is 6.92 Å². The zero-order chi connectivity index (χ0) is 11.3. The van der Waals surface area contributed by atoms with Crippen molar-refractivity contribution in [2.75, 3.05) is 7.11 Å². The normalized spacial score (nSPS) is 14.9. The molecule has 0 spiro atoms. The first-order valence-electron chi connectivity index (χ1n) is 5.06. The Morgan fingerprint density at radius 1 is 1.53 bits per heavy atom. The van der Waals surface area contributed by atoms with Crippen LogP contribution in [0.1, 0.15) is 19.0 Å². The monoisotopic (exact) mass is 272 g/mol. The lowest BCUT2D eigenvalue weighted by Gasteiger charge is -2.20. The Bertz CT molecular complexity index is 285. The number of hydrogen-bond acceptors (Lipinski definition) is 3. The van der Waals surface area contributed by atoms with Crippen molar-refractivity contribution in [3.05, 3.63) is 28.5 Å². The number of aromatic nitrogens is 1. The molecule has 0 aliphatic rings. The van der Waals surface area contributed by atoms with E-state index in [1.807, 2.05) is 12.1 Å². The molecule has 0 aliphatic heterocycles. The highest BCUT2D eigenvalue weighted by Gasteiger charge is 2.15. The molecule has 1 heterocycles. The molecule has 0 amide bonds. The molecule has 2 unspecified atom stereocenters. The van der Waals surface area contributed by atoms with E-state index in [4.69, 9.17) is 10.5 Å². The van der Waals surface area contributed by atoms with E-state index >= 15 is 0 Å². The van der Waals surface area contributed by atoms with Crippen molar-refractivity contribution in [3.8, 4) is 0 Å². The number of halogens is 1. The van der Waals surface area contributed by atoms with E-state index < -0.39 is 0 Å². The van der Waals surface area contributed by atoms with Gasteiger partial charge < -0.3 is 10.5 Å². The van der Waals surface area contributed by atoms with Gasteiger partial charge in [0.1, 0.15) is 0 Å². The first-order valence-corrected chi connectivity index (χ1v) is 5.85. The van der Waals surface area contributed by atoms with Gasteiger partial charge in [-0.25, -0.2) is 0 Å². The van der Waals surface area contributed by atoms with Gasteiger partial charge in [0, 0.05) is 35.9 Å². The molecule has 4 heteroatoms. The molecule has 1 aromatic rings. The van der Waals surface area contributed by atoms with Gasteiger partial charge in [0.25, 0.3) is 0 Å². The Balaban J connectivity index is 2.57. The van der Waals surface area contributed by atoms with E-state index in [0.717, 1.165) is 23.0 Å². The SMILES string of the molecule is CCC(OC)C(N)Cc1ccc(Br)cn1. The molecule has 0 aromatic carbocycles. The van der Waals surface area contributed by atoms with Crippen LogP contribution in [0.4, 0.5) is 0 Å². The highest BCUT2D eigenvalue weighted by Crippen LogP contribution is 2.11. The van der Waals surface area contributed by atoms with E-state index in [2.05, 4.69) is 27.8 Å². The van der Waals surface area contributed by atoms with Crippen molar-refractivity contribution in [1.29, 1.82) is 0 Å². The average molecular weight is 273 g/mol. The number of hydrogen-bond donors (Lipinski definition) is 1. The maximum Gasteiger partial charge on any atom is 0.0723 e. The predicted molar refractivity (Wildman–Crippen MR) is 64.7 cm³/mol. The molecule has 0 saturated carbocycles. The van der Waals surface area contributed by atoms with Gasteiger partial charge in [-0.2, -0.15) is 0 Å². The largest absolute Gasteiger partial charge is 0.380 e. The first kappa shape index (κ1) is 12.6. The van der Waals surface area contributed by atoms with Gasteiger partial charge in [0.2, 0.25) is 0 Å². The van der Waals surface area contributed by atoms with Crippen LogP contribution in [0.2, 0.25) is 0 Å².